The molecule has 0 amide bonds. The van der Waals surface area contributed by atoms with Crippen molar-refractivity contribution < 1.29 is 4.39 Å². The highest BCUT2D eigenvalue weighted by atomic mass is 127. The summed E-state index contributed by atoms with van der Waals surface area (Å²) >= 11 is 2.21. The molecule has 0 bridgehead atoms. The monoisotopic (exact) mass is 328 g/mol. The van der Waals surface area contributed by atoms with Crippen LogP contribution in [0.2, 0.25) is 0 Å². The van der Waals surface area contributed by atoms with Gasteiger partial charge in [0, 0.05) is 14.9 Å². The van der Waals surface area contributed by atoms with Gasteiger partial charge in [-0.1, -0.05) is 6.07 Å². The molecule has 3 N–H and O–H groups in total. The van der Waals surface area contributed by atoms with Crippen molar-refractivity contribution in [3.8, 4) is 0 Å². The highest BCUT2D eigenvalue weighted by molar-refractivity contribution is 14.1. The molecule has 0 unspecified atom stereocenters. The molecule has 0 aliphatic heterocycles. The lowest BCUT2D eigenvalue weighted by atomic mass is 10.2. The van der Waals surface area contributed by atoms with Gasteiger partial charge < -0.3 is 11.1 Å². The molecular weight excluding hydrogens is 318 g/mol. The summed E-state index contributed by atoms with van der Waals surface area (Å²) in [6.45, 7) is 0. The average molecular weight is 328 g/mol. The maximum atomic E-state index is 13.5. The van der Waals surface area contributed by atoms with Gasteiger partial charge in [0.1, 0.15) is 5.82 Å². The molecule has 0 saturated heterocycles. The second-order valence-electron chi connectivity index (χ2n) is 3.37. The first kappa shape index (κ1) is 11.2. The number of nitrogen functional groups attached to an aromatic ring is 1. The van der Waals surface area contributed by atoms with Crippen LogP contribution in [-0.4, -0.2) is 0 Å². The number of nitrogens with two attached hydrogens (primary N) is 1. The van der Waals surface area contributed by atoms with Gasteiger partial charge in [0.25, 0.3) is 0 Å². The molecule has 0 aromatic heterocycles. The summed E-state index contributed by atoms with van der Waals surface area (Å²) in [5.41, 5.74) is 7.18. The zero-order valence-corrected chi connectivity index (χ0v) is 10.5. The van der Waals surface area contributed by atoms with Gasteiger partial charge >= 0.3 is 0 Å². The lowest BCUT2D eigenvalue weighted by Crippen LogP contribution is -1.95. The van der Waals surface area contributed by atoms with Crippen LogP contribution in [0.4, 0.5) is 21.5 Å². The molecule has 4 heteroatoms. The standard InChI is InChI=1S/C12H10FIN2/c13-11-7-9(15)4-5-12(11)16-10-3-1-2-8(14)6-10/h1-7,16H,15H2. The summed E-state index contributed by atoms with van der Waals surface area (Å²) in [7, 11) is 0. The van der Waals surface area contributed by atoms with Gasteiger partial charge in [-0.3, -0.25) is 0 Å². The van der Waals surface area contributed by atoms with Crippen LogP contribution < -0.4 is 11.1 Å². The first-order valence-electron chi connectivity index (χ1n) is 4.73. The maximum Gasteiger partial charge on any atom is 0.148 e. The van der Waals surface area contributed by atoms with Crippen LogP contribution in [0, 0.1) is 9.39 Å². The summed E-state index contributed by atoms with van der Waals surface area (Å²) < 4.78 is 14.6. The molecule has 0 heterocycles. The van der Waals surface area contributed by atoms with Crippen molar-refractivity contribution in [1.29, 1.82) is 0 Å². The number of anilines is 3. The molecule has 2 rings (SSSR count). The number of halogens is 2. The van der Waals surface area contributed by atoms with Gasteiger partial charge in [-0.15, -0.1) is 0 Å². The molecule has 82 valence electrons. The van der Waals surface area contributed by atoms with Crippen molar-refractivity contribution in [3.05, 3.63) is 51.9 Å². The van der Waals surface area contributed by atoms with Crippen LogP contribution in [0.5, 0.6) is 0 Å². The molecule has 0 atom stereocenters. The molecule has 0 aliphatic rings. The first-order valence-corrected chi connectivity index (χ1v) is 5.80. The molecule has 0 radical (unpaired) electrons. The fraction of sp³-hybridized carbons (Fsp3) is 0. The summed E-state index contributed by atoms with van der Waals surface area (Å²) in [5.74, 6) is -0.348. The largest absolute Gasteiger partial charge is 0.399 e. The van der Waals surface area contributed by atoms with E-state index in [1.54, 1.807) is 12.1 Å². The number of rotatable bonds is 2. The van der Waals surface area contributed by atoms with Gasteiger partial charge in [-0.2, -0.15) is 0 Å². The number of benzene rings is 2. The molecule has 0 fully saturated rings. The molecule has 2 aromatic carbocycles. The normalized spacial score (nSPS) is 10.1. The Morgan fingerprint density at radius 1 is 1.12 bits per heavy atom. The first-order chi connectivity index (χ1) is 7.65. The maximum absolute atomic E-state index is 13.5. The zero-order valence-electron chi connectivity index (χ0n) is 8.37. The fourth-order valence-electron chi connectivity index (χ4n) is 1.35. The Morgan fingerprint density at radius 3 is 2.62 bits per heavy atom. The van der Waals surface area contributed by atoms with Gasteiger partial charge in [0.2, 0.25) is 0 Å². The zero-order chi connectivity index (χ0) is 11.5. The second-order valence-corrected chi connectivity index (χ2v) is 4.62. The minimum absolute atomic E-state index is 0.348. The Morgan fingerprint density at radius 2 is 1.94 bits per heavy atom. The van der Waals surface area contributed by atoms with Crippen LogP contribution in [0.3, 0.4) is 0 Å². The molecule has 0 aliphatic carbocycles. The van der Waals surface area contributed by atoms with E-state index in [0.29, 0.717) is 11.4 Å². The number of nitrogens with one attached hydrogen (secondary N) is 1. The van der Waals surface area contributed by atoms with Crippen molar-refractivity contribution in [2.45, 2.75) is 0 Å². The number of hydrogen-bond acceptors (Lipinski definition) is 2. The Hall–Kier alpha value is -1.30. The van der Waals surface area contributed by atoms with E-state index in [0.717, 1.165) is 9.26 Å². The van der Waals surface area contributed by atoms with Gasteiger partial charge in [-0.25, -0.2) is 4.39 Å². The van der Waals surface area contributed by atoms with E-state index < -0.39 is 0 Å². The van der Waals surface area contributed by atoms with Crippen LogP contribution >= 0.6 is 22.6 Å². The van der Waals surface area contributed by atoms with E-state index in [4.69, 9.17) is 5.73 Å². The quantitative estimate of drug-likeness (QED) is 0.651. The molecule has 0 saturated carbocycles. The highest BCUT2D eigenvalue weighted by Gasteiger charge is 2.02. The second kappa shape index (κ2) is 4.69. The SMILES string of the molecule is Nc1ccc(Nc2cccc(I)c2)c(F)c1. The summed E-state index contributed by atoms with van der Waals surface area (Å²) in [6.07, 6.45) is 0. The topological polar surface area (TPSA) is 38.0 Å². The van der Waals surface area contributed by atoms with Crippen molar-refractivity contribution >= 4 is 39.7 Å². The third-order valence-electron chi connectivity index (χ3n) is 2.10. The minimum atomic E-state index is -0.348. The van der Waals surface area contributed by atoms with Crippen LogP contribution in [-0.2, 0) is 0 Å². The molecular formula is C12H10FIN2. The highest BCUT2D eigenvalue weighted by Crippen LogP contribution is 2.22. The van der Waals surface area contributed by atoms with Gasteiger partial charge in [0.15, 0.2) is 0 Å². The Bertz CT molecular complexity index is 514. The molecule has 2 nitrogen and oxygen atoms in total. The number of hydrogen-bond donors (Lipinski definition) is 2. The fourth-order valence-corrected chi connectivity index (χ4v) is 1.90. The van der Waals surface area contributed by atoms with Crippen LogP contribution in [0.15, 0.2) is 42.5 Å². The summed E-state index contributed by atoms with van der Waals surface area (Å²) in [4.78, 5) is 0. The summed E-state index contributed by atoms with van der Waals surface area (Å²) in [5, 5.41) is 3.00. The Balaban J connectivity index is 2.27. The van der Waals surface area contributed by atoms with E-state index in [1.165, 1.54) is 6.07 Å². The lowest BCUT2D eigenvalue weighted by Gasteiger charge is -2.08. The molecule has 16 heavy (non-hydrogen) atoms. The Kier molecular flexibility index (Phi) is 3.28. The van der Waals surface area contributed by atoms with Crippen molar-refractivity contribution in [1.82, 2.24) is 0 Å². The third-order valence-corrected chi connectivity index (χ3v) is 2.77. The summed E-state index contributed by atoms with van der Waals surface area (Å²) in [6, 6.07) is 12.3. The van der Waals surface area contributed by atoms with E-state index in [-0.39, 0.29) is 5.82 Å². The van der Waals surface area contributed by atoms with Crippen LogP contribution in [0.25, 0.3) is 0 Å². The van der Waals surface area contributed by atoms with Crippen LogP contribution in [0.1, 0.15) is 0 Å². The van der Waals surface area contributed by atoms with E-state index >= 15 is 0 Å². The van der Waals surface area contributed by atoms with Gasteiger partial charge in [0.05, 0.1) is 5.69 Å². The predicted octanol–water partition coefficient (Wildman–Crippen LogP) is 3.76. The molecule has 0 spiro atoms. The Labute approximate surface area is 107 Å². The van der Waals surface area contributed by atoms with Crippen molar-refractivity contribution in [2.24, 2.45) is 0 Å². The molecule has 2 aromatic rings. The van der Waals surface area contributed by atoms with Crippen molar-refractivity contribution in [3.63, 3.8) is 0 Å². The lowest BCUT2D eigenvalue weighted by molar-refractivity contribution is 0.632. The minimum Gasteiger partial charge on any atom is -0.399 e. The van der Waals surface area contributed by atoms with E-state index in [9.17, 15) is 4.39 Å². The van der Waals surface area contributed by atoms with E-state index in [1.807, 2.05) is 24.3 Å². The van der Waals surface area contributed by atoms with Gasteiger partial charge in [-0.05, 0) is 59.0 Å². The van der Waals surface area contributed by atoms with Crippen molar-refractivity contribution in [2.75, 3.05) is 11.1 Å². The predicted molar refractivity (Wildman–Crippen MR) is 73.3 cm³/mol. The average Bonchev–Trinajstić information content (AvgIpc) is 2.22. The third kappa shape index (κ3) is 2.63. The smallest absolute Gasteiger partial charge is 0.148 e. The van der Waals surface area contributed by atoms with E-state index in [2.05, 4.69) is 27.9 Å².